The summed E-state index contributed by atoms with van der Waals surface area (Å²) in [5.74, 6) is -5.50. The van der Waals surface area contributed by atoms with Gasteiger partial charge in [-0.2, -0.15) is 0 Å². The van der Waals surface area contributed by atoms with Crippen LogP contribution in [0.3, 0.4) is 0 Å². The zero-order valence-corrected chi connectivity index (χ0v) is 18.9. The van der Waals surface area contributed by atoms with Gasteiger partial charge in [0, 0.05) is 47.5 Å². The molecule has 1 heterocycles. The van der Waals surface area contributed by atoms with Crippen LogP contribution in [-0.2, 0) is 15.5 Å². The Labute approximate surface area is 195 Å². The van der Waals surface area contributed by atoms with E-state index in [0.717, 1.165) is 18.6 Å². The van der Waals surface area contributed by atoms with Gasteiger partial charge < -0.3 is 20.8 Å². The molecule has 2 amide bonds. The number of methoxy groups -OCH3 is 1. The maximum Gasteiger partial charge on any atom is 0.270 e. The number of amides is 2. The molecule has 9 heteroatoms. The molecule has 176 valence electrons. The first-order valence-electron chi connectivity index (χ1n) is 10.3. The number of nitrogens with one attached hydrogen (secondary N) is 3. The predicted octanol–water partition coefficient (Wildman–Crippen LogP) is 5.10. The summed E-state index contributed by atoms with van der Waals surface area (Å²) < 4.78 is 32.6. The SMILES string of the molecule is COc1ccc(NC(=O)C(C(C)=N)C(=O)Nc2cccc(C(C)(F)F)c2)cc1-c1ccncc1. The Morgan fingerprint density at radius 1 is 1.00 bits per heavy atom. The molecule has 1 aromatic heterocycles. The maximum atomic E-state index is 13.6. The van der Waals surface area contributed by atoms with Gasteiger partial charge in [-0.25, -0.2) is 8.78 Å². The third-order valence-corrected chi connectivity index (χ3v) is 5.05. The molecule has 0 saturated heterocycles. The summed E-state index contributed by atoms with van der Waals surface area (Å²) >= 11 is 0. The van der Waals surface area contributed by atoms with Gasteiger partial charge in [-0.05, 0) is 55.0 Å². The number of benzene rings is 2. The number of ether oxygens (including phenoxy) is 1. The van der Waals surface area contributed by atoms with E-state index in [1.54, 1.807) is 42.7 Å². The van der Waals surface area contributed by atoms with Gasteiger partial charge in [0.1, 0.15) is 5.75 Å². The molecule has 0 bridgehead atoms. The summed E-state index contributed by atoms with van der Waals surface area (Å²) in [5, 5.41) is 13.1. The number of rotatable bonds is 8. The van der Waals surface area contributed by atoms with Crippen molar-refractivity contribution >= 4 is 28.9 Å². The molecule has 3 rings (SSSR count). The Hall–Kier alpha value is -4.14. The number of nitrogens with zero attached hydrogens (tertiary/aromatic N) is 1. The minimum Gasteiger partial charge on any atom is -0.496 e. The number of aromatic nitrogens is 1. The van der Waals surface area contributed by atoms with Crippen molar-refractivity contribution < 1.29 is 23.1 Å². The molecular formula is C25H24F2N4O3. The van der Waals surface area contributed by atoms with Gasteiger partial charge in [-0.1, -0.05) is 12.1 Å². The van der Waals surface area contributed by atoms with E-state index in [0.29, 0.717) is 17.0 Å². The smallest absolute Gasteiger partial charge is 0.270 e. The van der Waals surface area contributed by atoms with Gasteiger partial charge in [-0.3, -0.25) is 14.6 Å². The second-order valence-corrected chi connectivity index (χ2v) is 7.71. The molecule has 1 atom stereocenters. The van der Waals surface area contributed by atoms with Gasteiger partial charge in [0.15, 0.2) is 5.92 Å². The Morgan fingerprint density at radius 3 is 2.18 bits per heavy atom. The predicted molar refractivity (Wildman–Crippen MR) is 126 cm³/mol. The summed E-state index contributed by atoms with van der Waals surface area (Å²) in [7, 11) is 1.53. The van der Waals surface area contributed by atoms with Crippen LogP contribution < -0.4 is 15.4 Å². The van der Waals surface area contributed by atoms with Crippen LogP contribution >= 0.6 is 0 Å². The lowest BCUT2D eigenvalue weighted by Crippen LogP contribution is -2.38. The summed E-state index contributed by atoms with van der Waals surface area (Å²) in [4.78, 5) is 29.7. The third-order valence-electron chi connectivity index (χ3n) is 5.05. The molecule has 34 heavy (non-hydrogen) atoms. The van der Waals surface area contributed by atoms with Crippen molar-refractivity contribution in [2.75, 3.05) is 17.7 Å². The first kappa shape index (κ1) is 24.5. The lowest BCUT2D eigenvalue weighted by Gasteiger charge is -2.18. The fraction of sp³-hybridized carbons (Fsp3) is 0.200. The molecule has 3 N–H and O–H groups in total. The lowest BCUT2D eigenvalue weighted by molar-refractivity contribution is -0.126. The second-order valence-electron chi connectivity index (χ2n) is 7.71. The van der Waals surface area contributed by atoms with E-state index >= 15 is 0 Å². The van der Waals surface area contributed by atoms with Gasteiger partial charge in [0.05, 0.1) is 7.11 Å². The standard InChI is InChI=1S/C25H24F2N4O3/c1-15(28)22(23(32)30-18-6-4-5-17(13-18)25(2,26)27)24(33)31-19-7-8-21(34-3)20(14-19)16-9-11-29-12-10-16/h4-14,22,28H,1-3H3,(H,30,32)(H,31,33). The maximum absolute atomic E-state index is 13.6. The number of carbonyl (C=O) groups excluding carboxylic acids is 2. The van der Waals surface area contributed by atoms with Crippen molar-refractivity contribution in [2.24, 2.45) is 5.92 Å². The van der Waals surface area contributed by atoms with Crippen molar-refractivity contribution in [2.45, 2.75) is 19.8 Å². The molecule has 1 unspecified atom stereocenters. The fourth-order valence-corrected chi connectivity index (χ4v) is 3.35. The molecule has 0 fully saturated rings. The van der Waals surface area contributed by atoms with Crippen molar-refractivity contribution in [3.63, 3.8) is 0 Å². The van der Waals surface area contributed by atoms with E-state index in [1.165, 1.54) is 32.2 Å². The molecule has 0 saturated carbocycles. The lowest BCUT2D eigenvalue weighted by atomic mass is 10.0. The number of pyridine rings is 1. The molecule has 0 spiro atoms. The first-order valence-corrected chi connectivity index (χ1v) is 10.3. The first-order chi connectivity index (χ1) is 16.1. The topological polar surface area (TPSA) is 104 Å². The molecule has 7 nitrogen and oxygen atoms in total. The van der Waals surface area contributed by atoms with Crippen LogP contribution in [0.1, 0.15) is 19.4 Å². The van der Waals surface area contributed by atoms with Crippen molar-refractivity contribution in [3.05, 3.63) is 72.6 Å². The van der Waals surface area contributed by atoms with Gasteiger partial charge >= 0.3 is 0 Å². The number of halogens is 2. The molecule has 0 aliphatic rings. The normalized spacial score (nSPS) is 11.9. The minimum absolute atomic E-state index is 0.104. The van der Waals surface area contributed by atoms with Crippen molar-refractivity contribution in [1.82, 2.24) is 4.98 Å². The van der Waals surface area contributed by atoms with E-state index in [9.17, 15) is 18.4 Å². The van der Waals surface area contributed by atoms with Gasteiger partial charge in [0.25, 0.3) is 5.92 Å². The second kappa shape index (κ2) is 10.2. The van der Waals surface area contributed by atoms with Crippen LogP contribution in [-0.4, -0.2) is 29.6 Å². The number of carbonyl (C=O) groups is 2. The van der Waals surface area contributed by atoms with Gasteiger partial charge in [-0.15, -0.1) is 0 Å². The van der Waals surface area contributed by atoms with Crippen molar-refractivity contribution in [1.29, 1.82) is 5.41 Å². The Bertz CT molecular complexity index is 1210. The van der Waals surface area contributed by atoms with E-state index < -0.39 is 23.7 Å². The highest BCUT2D eigenvalue weighted by Crippen LogP contribution is 2.32. The number of alkyl halides is 2. The van der Waals surface area contributed by atoms with Crippen molar-refractivity contribution in [3.8, 4) is 16.9 Å². The minimum atomic E-state index is -3.09. The van der Waals surface area contributed by atoms with E-state index in [1.807, 2.05) is 0 Å². The Balaban J connectivity index is 1.82. The highest BCUT2D eigenvalue weighted by molar-refractivity contribution is 6.24. The Morgan fingerprint density at radius 2 is 1.62 bits per heavy atom. The van der Waals surface area contributed by atoms with E-state index in [-0.39, 0.29) is 17.0 Å². The highest BCUT2D eigenvalue weighted by atomic mass is 19.3. The summed E-state index contributed by atoms with van der Waals surface area (Å²) in [6.07, 6.45) is 3.25. The largest absolute Gasteiger partial charge is 0.496 e. The fourth-order valence-electron chi connectivity index (χ4n) is 3.35. The molecular weight excluding hydrogens is 442 g/mol. The van der Waals surface area contributed by atoms with E-state index in [2.05, 4.69) is 15.6 Å². The molecule has 2 aromatic carbocycles. The van der Waals surface area contributed by atoms with Crippen LogP contribution in [0.2, 0.25) is 0 Å². The summed E-state index contributed by atoms with van der Waals surface area (Å²) in [5.41, 5.74) is 1.53. The highest BCUT2D eigenvalue weighted by Gasteiger charge is 2.30. The molecule has 0 radical (unpaired) electrons. The molecule has 0 aliphatic carbocycles. The zero-order valence-electron chi connectivity index (χ0n) is 18.9. The monoisotopic (exact) mass is 466 g/mol. The van der Waals surface area contributed by atoms with Crippen LogP contribution in [0.25, 0.3) is 11.1 Å². The average Bonchev–Trinajstić information content (AvgIpc) is 2.79. The molecule has 0 aliphatic heterocycles. The van der Waals surface area contributed by atoms with Crippen LogP contribution in [0, 0.1) is 11.3 Å². The quantitative estimate of drug-likeness (QED) is 0.317. The van der Waals surface area contributed by atoms with Gasteiger partial charge in [0.2, 0.25) is 11.8 Å². The molecule has 3 aromatic rings. The number of hydrogen-bond acceptors (Lipinski definition) is 5. The number of hydrogen-bond donors (Lipinski definition) is 3. The van der Waals surface area contributed by atoms with E-state index in [4.69, 9.17) is 10.1 Å². The zero-order chi connectivity index (χ0) is 24.9. The summed E-state index contributed by atoms with van der Waals surface area (Å²) in [6.45, 7) is 2.08. The Kier molecular flexibility index (Phi) is 7.35. The average molecular weight is 466 g/mol. The number of anilines is 2. The van der Waals surface area contributed by atoms with Crippen LogP contribution in [0.5, 0.6) is 5.75 Å². The summed E-state index contributed by atoms with van der Waals surface area (Å²) in [6, 6.07) is 13.7. The van der Waals surface area contributed by atoms with Crippen LogP contribution in [0.15, 0.2) is 67.0 Å². The van der Waals surface area contributed by atoms with Crippen LogP contribution in [0.4, 0.5) is 20.2 Å². The third kappa shape index (κ3) is 5.80.